The first-order chi connectivity index (χ1) is 7.01. The minimum atomic E-state index is -0.550. The van der Waals surface area contributed by atoms with E-state index in [2.05, 4.69) is 0 Å². The Hall–Kier alpha value is -0.570. The van der Waals surface area contributed by atoms with Crippen LogP contribution < -0.4 is 0 Å². The van der Waals surface area contributed by atoms with E-state index in [1.807, 2.05) is 34.6 Å². The van der Waals surface area contributed by atoms with Crippen molar-refractivity contribution in [3.05, 3.63) is 0 Å². The van der Waals surface area contributed by atoms with Crippen molar-refractivity contribution in [2.75, 3.05) is 13.1 Å². The molecule has 3 nitrogen and oxygen atoms in total. The van der Waals surface area contributed by atoms with Crippen LogP contribution >= 0.6 is 0 Å². The van der Waals surface area contributed by atoms with Crippen molar-refractivity contribution in [2.45, 2.75) is 60.0 Å². The van der Waals surface area contributed by atoms with Gasteiger partial charge in [-0.1, -0.05) is 27.7 Å². The van der Waals surface area contributed by atoms with E-state index in [1.165, 1.54) is 0 Å². The quantitative estimate of drug-likeness (QED) is 0.677. The van der Waals surface area contributed by atoms with Crippen LogP contribution in [0.25, 0.3) is 0 Å². The van der Waals surface area contributed by atoms with Gasteiger partial charge in [0.1, 0.15) is 0 Å². The zero-order chi connectivity index (χ0) is 12.5. The van der Waals surface area contributed by atoms with Crippen LogP contribution in [0.5, 0.6) is 0 Å². The van der Waals surface area contributed by atoms with Crippen molar-refractivity contribution in [1.82, 2.24) is 4.90 Å². The van der Waals surface area contributed by atoms with Gasteiger partial charge in [0, 0.05) is 20.0 Å². The van der Waals surface area contributed by atoms with Crippen LogP contribution in [0, 0.1) is 0 Å². The fourth-order valence-electron chi connectivity index (χ4n) is 1.30. The van der Waals surface area contributed by atoms with E-state index >= 15 is 0 Å². The summed E-state index contributed by atoms with van der Waals surface area (Å²) in [6.07, 6.45) is 1.40. The maximum absolute atomic E-state index is 10.9. The highest BCUT2D eigenvalue weighted by molar-refractivity contribution is 5.73. The zero-order valence-corrected chi connectivity index (χ0v) is 11.1. The highest BCUT2D eigenvalue weighted by Crippen LogP contribution is 2.20. The number of hydrogen-bond donors (Lipinski definition) is 1. The third-order valence-electron chi connectivity index (χ3n) is 2.29. The molecule has 1 fully saturated rings. The number of hydrogen-bond acceptors (Lipinski definition) is 2. The fraction of sp³-hybridized carbons (Fsp3) is 0.917. The largest absolute Gasteiger partial charge is 0.390 e. The molecule has 1 rings (SSSR count). The molecule has 0 aromatic heterocycles. The number of rotatable bonds is 0. The lowest BCUT2D eigenvalue weighted by molar-refractivity contribution is -0.132. The standard InChI is InChI=1S/C8H15NO2.2C2H6/c1-7(10)9-5-3-8(2,11)4-6-9;2*1-2/h11H,3-6H2,1-2H3;2*1-2H3. The van der Waals surface area contributed by atoms with Gasteiger partial charge in [0.25, 0.3) is 0 Å². The number of carbonyl (C=O) groups excluding carboxylic acids is 1. The van der Waals surface area contributed by atoms with E-state index in [0.717, 1.165) is 0 Å². The molecule has 0 bridgehead atoms. The lowest BCUT2D eigenvalue weighted by Crippen LogP contribution is -2.44. The molecule has 1 N–H and O–H groups in total. The van der Waals surface area contributed by atoms with Gasteiger partial charge in [-0.05, 0) is 19.8 Å². The maximum atomic E-state index is 10.9. The Morgan fingerprint density at radius 2 is 1.47 bits per heavy atom. The number of amides is 1. The third-order valence-corrected chi connectivity index (χ3v) is 2.29. The first-order valence-corrected chi connectivity index (χ1v) is 5.99. The lowest BCUT2D eigenvalue weighted by atomic mass is 9.94. The Labute approximate surface area is 94.5 Å². The molecule has 0 unspecified atom stereocenters. The number of carbonyl (C=O) groups is 1. The first kappa shape index (κ1) is 16.8. The van der Waals surface area contributed by atoms with Crippen LogP contribution in [0.3, 0.4) is 0 Å². The summed E-state index contributed by atoms with van der Waals surface area (Å²) in [7, 11) is 0. The Bertz CT molecular complexity index is 157. The van der Waals surface area contributed by atoms with Crippen LogP contribution in [-0.2, 0) is 4.79 Å². The van der Waals surface area contributed by atoms with Crippen molar-refractivity contribution >= 4 is 5.91 Å². The highest BCUT2D eigenvalue weighted by Gasteiger charge is 2.27. The third kappa shape index (κ3) is 7.37. The van der Waals surface area contributed by atoms with Gasteiger partial charge < -0.3 is 10.0 Å². The zero-order valence-electron chi connectivity index (χ0n) is 11.1. The van der Waals surface area contributed by atoms with Crippen molar-refractivity contribution in [3.63, 3.8) is 0 Å². The van der Waals surface area contributed by atoms with Crippen LogP contribution in [0.4, 0.5) is 0 Å². The van der Waals surface area contributed by atoms with Gasteiger partial charge in [-0.3, -0.25) is 4.79 Å². The molecular weight excluding hydrogens is 190 g/mol. The van der Waals surface area contributed by atoms with Crippen molar-refractivity contribution in [1.29, 1.82) is 0 Å². The summed E-state index contributed by atoms with van der Waals surface area (Å²) in [5, 5.41) is 9.54. The number of likely N-dealkylation sites (tertiary alicyclic amines) is 1. The summed E-state index contributed by atoms with van der Waals surface area (Å²) >= 11 is 0. The minimum Gasteiger partial charge on any atom is -0.390 e. The predicted octanol–water partition coefficient (Wildman–Crippen LogP) is 2.43. The molecule has 0 aromatic rings. The minimum absolute atomic E-state index is 0.112. The summed E-state index contributed by atoms with van der Waals surface area (Å²) in [5.74, 6) is 0.112. The Kier molecular flexibility index (Phi) is 9.79. The lowest BCUT2D eigenvalue weighted by Gasteiger charge is -2.35. The number of aliphatic hydroxyl groups is 1. The van der Waals surface area contributed by atoms with Gasteiger partial charge in [0.15, 0.2) is 0 Å². The average molecular weight is 217 g/mol. The van der Waals surface area contributed by atoms with Crippen molar-refractivity contribution in [2.24, 2.45) is 0 Å². The maximum Gasteiger partial charge on any atom is 0.219 e. The Morgan fingerprint density at radius 3 is 1.73 bits per heavy atom. The molecule has 0 radical (unpaired) electrons. The van der Waals surface area contributed by atoms with E-state index in [-0.39, 0.29) is 5.91 Å². The fourth-order valence-corrected chi connectivity index (χ4v) is 1.30. The van der Waals surface area contributed by atoms with E-state index in [9.17, 15) is 9.90 Å². The SMILES string of the molecule is CC.CC.CC(=O)N1CCC(C)(O)CC1. The predicted molar refractivity (Wildman–Crippen MR) is 64.8 cm³/mol. The van der Waals surface area contributed by atoms with Crippen LogP contribution in [0.1, 0.15) is 54.4 Å². The topological polar surface area (TPSA) is 40.5 Å². The molecule has 15 heavy (non-hydrogen) atoms. The molecule has 1 heterocycles. The first-order valence-electron chi connectivity index (χ1n) is 5.99. The Morgan fingerprint density at radius 1 is 1.13 bits per heavy atom. The van der Waals surface area contributed by atoms with Gasteiger partial charge >= 0.3 is 0 Å². The second-order valence-electron chi connectivity index (χ2n) is 3.50. The van der Waals surface area contributed by atoms with Crippen LogP contribution in [-0.4, -0.2) is 34.6 Å². The van der Waals surface area contributed by atoms with E-state index in [0.29, 0.717) is 25.9 Å². The van der Waals surface area contributed by atoms with Crippen molar-refractivity contribution in [3.8, 4) is 0 Å². The van der Waals surface area contributed by atoms with Gasteiger partial charge in [-0.2, -0.15) is 0 Å². The molecular formula is C12H27NO2. The van der Waals surface area contributed by atoms with Gasteiger partial charge in [0.2, 0.25) is 5.91 Å². The van der Waals surface area contributed by atoms with E-state index < -0.39 is 5.60 Å². The van der Waals surface area contributed by atoms with Gasteiger partial charge in [-0.15, -0.1) is 0 Å². The smallest absolute Gasteiger partial charge is 0.219 e. The highest BCUT2D eigenvalue weighted by atomic mass is 16.3. The number of piperidine rings is 1. The second kappa shape index (κ2) is 8.72. The van der Waals surface area contributed by atoms with E-state index in [4.69, 9.17) is 0 Å². The summed E-state index contributed by atoms with van der Waals surface area (Å²) in [4.78, 5) is 12.6. The molecule has 0 atom stereocenters. The molecule has 0 saturated carbocycles. The monoisotopic (exact) mass is 217 g/mol. The van der Waals surface area contributed by atoms with Crippen LogP contribution in [0.15, 0.2) is 0 Å². The summed E-state index contributed by atoms with van der Waals surface area (Å²) < 4.78 is 0. The molecule has 1 aliphatic heterocycles. The second-order valence-corrected chi connectivity index (χ2v) is 3.50. The normalized spacial score (nSPS) is 17.9. The van der Waals surface area contributed by atoms with Crippen molar-refractivity contribution < 1.29 is 9.90 Å². The van der Waals surface area contributed by atoms with E-state index in [1.54, 1.807) is 11.8 Å². The average Bonchev–Trinajstić information content (AvgIpc) is 2.23. The molecule has 92 valence electrons. The van der Waals surface area contributed by atoms with Gasteiger partial charge in [0.05, 0.1) is 5.60 Å². The molecule has 0 spiro atoms. The molecule has 0 aromatic carbocycles. The summed E-state index contributed by atoms with van der Waals surface area (Å²) in [5.41, 5.74) is -0.550. The number of nitrogens with zero attached hydrogens (tertiary/aromatic N) is 1. The van der Waals surface area contributed by atoms with Crippen LogP contribution in [0.2, 0.25) is 0 Å². The molecule has 0 aliphatic carbocycles. The molecule has 1 saturated heterocycles. The molecule has 1 amide bonds. The summed E-state index contributed by atoms with van der Waals surface area (Å²) in [6, 6.07) is 0. The van der Waals surface area contributed by atoms with Gasteiger partial charge in [-0.25, -0.2) is 0 Å². The molecule has 1 aliphatic rings. The summed E-state index contributed by atoms with van der Waals surface area (Å²) in [6.45, 7) is 12.8. The Balaban J connectivity index is 0. The molecule has 3 heteroatoms.